The van der Waals surface area contributed by atoms with Crippen molar-refractivity contribution in [3.8, 4) is 44.5 Å². The van der Waals surface area contributed by atoms with Gasteiger partial charge in [-0.05, 0) is 123 Å². The molecule has 0 radical (unpaired) electrons. The van der Waals surface area contributed by atoms with Crippen molar-refractivity contribution in [3.05, 3.63) is 185 Å². The summed E-state index contributed by atoms with van der Waals surface area (Å²) in [7, 11) is 0. The van der Waals surface area contributed by atoms with E-state index in [2.05, 4.69) is 199 Å². The van der Waals surface area contributed by atoms with E-state index in [1.165, 1.54) is 101 Å². The second kappa shape index (κ2) is 11.7. The Labute approximate surface area is 309 Å². The van der Waals surface area contributed by atoms with Crippen molar-refractivity contribution in [2.45, 2.75) is 59.3 Å². The lowest BCUT2D eigenvalue weighted by molar-refractivity contribution is 0.660. The van der Waals surface area contributed by atoms with E-state index in [1.54, 1.807) is 0 Å². The molecular formula is C51H45N. The first-order valence-corrected chi connectivity index (χ1v) is 18.6. The van der Waals surface area contributed by atoms with Crippen LogP contribution in [-0.2, 0) is 10.8 Å². The summed E-state index contributed by atoms with van der Waals surface area (Å²) in [4.78, 5) is 2.60. The molecule has 9 rings (SSSR count). The van der Waals surface area contributed by atoms with Crippen molar-refractivity contribution in [1.82, 2.24) is 0 Å². The first-order chi connectivity index (χ1) is 25.1. The number of rotatable bonds is 5. The van der Waals surface area contributed by atoms with Crippen LogP contribution < -0.4 is 4.90 Å². The van der Waals surface area contributed by atoms with Crippen LogP contribution in [0.25, 0.3) is 44.5 Å². The Kier molecular flexibility index (Phi) is 7.25. The fourth-order valence-electron chi connectivity index (χ4n) is 9.45. The third-order valence-electron chi connectivity index (χ3n) is 12.0. The van der Waals surface area contributed by atoms with Gasteiger partial charge in [-0.3, -0.25) is 0 Å². The first kappa shape index (κ1) is 32.3. The maximum Gasteiger partial charge on any atom is 0.0570 e. The SMILES string of the molecule is Cc1cccc(C)c1-c1cc(-c2ccccc2)cc(C)c1N(c1ccc2c(c1)C(C)(C)c1ccccc1-2)c1cccc2c1-c1ccccc1C2(C)C. The molecule has 0 saturated heterocycles. The van der Waals surface area contributed by atoms with Crippen LogP contribution in [-0.4, -0.2) is 0 Å². The number of hydrogen-bond acceptors (Lipinski definition) is 1. The van der Waals surface area contributed by atoms with Crippen LogP contribution in [0.4, 0.5) is 17.1 Å². The molecule has 0 saturated carbocycles. The van der Waals surface area contributed by atoms with Crippen LogP contribution in [0.1, 0.15) is 66.6 Å². The topological polar surface area (TPSA) is 3.24 Å². The predicted molar refractivity (Wildman–Crippen MR) is 221 cm³/mol. The highest BCUT2D eigenvalue weighted by molar-refractivity contribution is 6.00. The molecular weight excluding hydrogens is 627 g/mol. The minimum atomic E-state index is -0.123. The van der Waals surface area contributed by atoms with Crippen LogP contribution in [0.2, 0.25) is 0 Å². The quantitative estimate of drug-likeness (QED) is 0.176. The molecule has 254 valence electrons. The highest BCUT2D eigenvalue weighted by atomic mass is 15.2. The number of nitrogens with zero attached hydrogens (tertiary/aromatic N) is 1. The van der Waals surface area contributed by atoms with Crippen LogP contribution in [0, 0.1) is 20.8 Å². The van der Waals surface area contributed by atoms with E-state index in [9.17, 15) is 0 Å². The van der Waals surface area contributed by atoms with E-state index in [1.807, 2.05) is 0 Å². The normalized spacial score (nSPS) is 14.4. The molecule has 7 aromatic carbocycles. The number of benzene rings is 7. The summed E-state index contributed by atoms with van der Waals surface area (Å²) in [6.45, 7) is 16.3. The molecule has 2 aliphatic carbocycles. The second-order valence-corrected chi connectivity index (χ2v) is 15.9. The fraction of sp³-hybridized carbons (Fsp3) is 0.176. The van der Waals surface area contributed by atoms with Gasteiger partial charge in [0, 0.05) is 27.6 Å². The molecule has 0 atom stereocenters. The third-order valence-corrected chi connectivity index (χ3v) is 12.0. The Balaban J connectivity index is 1.40. The molecule has 0 aliphatic heterocycles. The van der Waals surface area contributed by atoms with E-state index >= 15 is 0 Å². The smallest absolute Gasteiger partial charge is 0.0570 e. The summed E-state index contributed by atoms with van der Waals surface area (Å²) >= 11 is 0. The summed E-state index contributed by atoms with van der Waals surface area (Å²) < 4.78 is 0. The van der Waals surface area contributed by atoms with E-state index in [4.69, 9.17) is 0 Å². The summed E-state index contributed by atoms with van der Waals surface area (Å²) in [6.07, 6.45) is 0. The predicted octanol–water partition coefficient (Wildman–Crippen LogP) is 14.0. The van der Waals surface area contributed by atoms with Gasteiger partial charge in [-0.15, -0.1) is 0 Å². The molecule has 0 spiro atoms. The average Bonchev–Trinajstić information content (AvgIpc) is 3.53. The Bertz CT molecular complexity index is 2530. The molecule has 7 aromatic rings. The Morgan fingerprint density at radius 1 is 0.385 bits per heavy atom. The monoisotopic (exact) mass is 671 g/mol. The van der Waals surface area contributed by atoms with Crippen molar-refractivity contribution < 1.29 is 0 Å². The van der Waals surface area contributed by atoms with Crippen LogP contribution in [0.5, 0.6) is 0 Å². The summed E-state index contributed by atoms with van der Waals surface area (Å²) in [5.74, 6) is 0. The average molecular weight is 672 g/mol. The molecule has 0 aromatic heterocycles. The van der Waals surface area contributed by atoms with E-state index in [-0.39, 0.29) is 10.8 Å². The van der Waals surface area contributed by atoms with E-state index in [0.29, 0.717) is 0 Å². The van der Waals surface area contributed by atoms with Gasteiger partial charge in [0.2, 0.25) is 0 Å². The zero-order valence-corrected chi connectivity index (χ0v) is 31.3. The van der Waals surface area contributed by atoms with Gasteiger partial charge < -0.3 is 4.90 Å². The lowest BCUT2D eigenvalue weighted by Crippen LogP contribution is -2.18. The minimum Gasteiger partial charge on any atom is -0.309 e. The summed E-state index contributed by atoms with van der Waals surface area (Å²) in [5.41, 5.74) is 23.0. The highest BCUT2D eigenvalue weighted by Gasteiger charge is 2.39. The zero-order valence-electron chi connectivity index (χ0n) is 31.3. The zero-order chi connectivity index (χ0) is 35.9. The Morgan fingerprint density at radius 3 is 1.69 bits per heavy atom. The molecule has 0 unspecified atom stereocenters. The summed E-state index contributed by atoms with van der Waals surface area (Å²) in [6, 6.07) is 54.5. The number of hydrogen-bond donors (Lipinski definition) is 0. The van der Waals surface area contributed by atoms with Gasteiger partial charge in [0.1, 0.15) is 0 Å². The van der Waals surface area contributed by atoms with Crippen LogP contribution in [0.3, 0.4) is 0 Å². The van der Waals surface area contributed by atoms with Crippen molar-refractivity contribution in [2.24, 2.45) is 0 Å². The number of anilines is 3. The standard InChI is InChI=1S/C51H45N/c1-32-17-15-18-33(2)47(32)41-30-36(35-19-9-8-10-20-35)29-34(3)49(41)52(37-27-28-39-38-21-11-13-23-42(38)51(6,7)45(39)31-37)46-26-16-25-44-48(46)40-22-12-14-24-43(40)50(44,4)5/h8-31H,1-7H3. The molecule has 1 heteroatoms. The molecule has 0 amide bonds. The Morgan fingerprint density at radius 2 is 0.962 bits per heavy atom. The van der Waals surface area contributed by atoms with E-state index < -0.39 is 0 Å². The fourth-order valence-corrected chi connectivity index (χ4v) is 9.45. The van der Waals surface area contributed by atoms with Crippen molar-refractivity contribution in [3.63, 3.8) is 0 Å². The molecule has 0 fully saturated rings. The number of aryl methyl sites for hydroxylation is 3. The molecule has 0 heterocycles. The van der Waals surface area contributed by atoms with Crippen molar-refractivity contribution in [1.29, 1.82) is 0 Å². The maximum absolute atomic E-state index is 2.60. The lowest BCUT2D eigenvalue weighted by Gasteiger charge is -2.34. The van der Waals surface area contributed by atoms with Crippen molar-refractivity contribution >= 4 is 17.1 Å². The molecule has 0 N–H and O–H groups in total. The van der Waals surface area contributed by atoms with Gasteiger partial charge in [-0.25, -0.2) is 0 Å². The molecule has 1 nitrogen and oxygen atoms in total. The van der Waals surface area contributed by atoms with Gasteiger partial charge >= 0.3 is 0 Å². The van der Waals surface area contributed by atoms with E-state index in [0.717, 1.165) is 0 Å². The minimum absolute atomic E-state index is 0.114. The first-order valence-electron chi connectivity index (χ1n) is 18.6. The highest BCUT2D eigenvalue weighted by Crippen LogP contribution is 2.57. The van der Waals surface area contributed by atoms with Gasteiger partial charge in [0.15, 0.2) is 0 Å². The molecule has 0 bridgehead atoms. The van der Waals surface area contributed by atoms with Crippen LogP contribution in [0.15, 0.2) is 146 Å². The number of fused-ring (bicyclic) bond motifs is 6. The van der Waals surface area contributed by atoms with Gasteiger partial charge in [0.05, 0.1) is 11.4 Å². The summed E-state index contributed by atoms with van der Waals surface area (Å²) in [5, 5.41) is 0. The molecule has 52 heavy (non-hydrogen) atoms. The van der Waals surface area contributed by atoms with Crippen LogP contribution >= 0.6 is 0 Å². The van der Waals surface area contributed by atoms with Crippen molar-refractivity contribution in [2.75, 3.05) is 4.90 Å². The third kappa shape index (κ3) is 4.68. The second-order valence-electron chi connectivity index (χ2n) is 15.9. The maximum atomic E-state index is 2.60. The lowest BCUT2D eigenvalue weighted by atomic mass is 9.82. The van der Waals surface area contributed by atoms with Gasteiger partial charge in [-0.2, -0.15) is 0 Å². The van der Waals surface area contributed by atoms with Gasteiger partial charge in [-0.1, -0.05) is 143 Å². The van der Waals surface area contributed by atoms with Gasteiger partial charge in [0.25, 0.3) is 0 Å². The Hall–Kier alpha value is -5.66. The largest absolute Gasteiger partial charge is 0.309 e. The molecule has 2 aliphatic rings.